The van der Waals surface area contributed by atoms with Crippen LogP contribution in [0.2, 0.25) is 0 Å². The van der Waals surface area contributed by atoms with Crippen LogP contribution < -0.4 is 5.32 Å². The lowest BCUT2D eigenvalue weighted by Gasteiger charge is -2.07. The fourth-order valence-corrected chi connectivity index (χ4v) is 2.13. The van der Waals surface area contributed by atoms with Crippen LogP contribution in [-0.4, -0.2) is 22.1 Å². The van der Waals surface area contributed by atoms with E-state index in [1.165, 1.54) is 6.07 Å². The maximum atomic E-state index is 13.7. The quantitative estimate of drug-likeness (QED) is 0.826. The minimum atomic E-state index is -0.200. The average molecular weight is 249 g/mol. The van der Waals surface area contributed by atoms with Crippen LogP contribution in [0.25, 0.3) is 11.0 Å². The zero-order chi connectivity index (χ0) is 13.1. The number of hydrogen-bond acceptors (Lipinski definition) is 2. The highest BCUT2D eigenvalue weighted by Gasteiger charge is 2.10. The fraction of sp³-hybridized carbons (Fsp3) is 0.500. The van der Waals surface area contributed by atoms with E-state index in [2.05, 4.69) is 24.1 Å². The van der Waals surface area contributed by atoms with Crippen LogP contribution in [0.5, 0.6) is 0 Å². The summed E-state index contributed by atoms with van der Waals surface area (Å²) in [5.74, 6) is 0.745. The summed E-state index contributed by atoms with van der Waals surface area (Å²) >= 11 is 0. The van der Waals surface area contributed by atoms with Gasteiger partial charge in [0.25, 0.3) is 0 Å². The summed E-state index contributed by atoms with van der Waals surface area (Å²) in [7, 11) is 1.88. The van der Waals surface area contributed by atoms with E-state index in [0.29, 0.717) is 11.6 Å². The van der Waals surface area contributed by atoms with E-state index < -0.39 is 0 Å². The molecule has 0 atom stereocenters. The van der Waals surface area contributed by atoms with Crippen LogP contribution in [0.15, 0.2) is 18.2 Å². The number of nitrogens with one attached hydrogen (secondary N) is 1. The number of halogens is 1. The van der Waals surface area contributed by atoms with Crippen molar-refractivity contribution in [3.05, 3.63) is 29.8 Å². The van der Waals surface area contributed by atoms with Gasteiger partial charge in [-0.2, -0.15) is 0 Å². The number of aryl methyl sites for hydroxylation is 2. The van der Waals surface area contributed by atoms with E-state index in [0.717, 1.165) is 30.7 Å². The molecule has 4 heteroatoms. The van der Waals surface area contributed by atoms with Crippen molar-refractivity contribution < 1.29 is 4.39 Å². The minimum Gasteiger partial charge on any atom is -0.329 e. The van der Waals surface area contributed by atoms with E-state index in [1.807, 2.05) is 17.7 Å². The smallest absolute Gasteiger partial charge is 0.149 e. The van der Waals surface area contributed by atoms with Gasteiger partial charge in [-0.3, -0.25) is 0 Å². The van der Waals surface area contributed by atoms with Gasteiger partial charge >= 0.3 is 0 Å². The Kier molecular flexibility index (Phi) is 3.97. The first-order valence-electron chi connectivity index (χ1n) is 6.43. The second kappa shape index (κ2) is 5.48. The monoisotopic (exact) mass is 249 g/mol. The highest BCUT2D eigenvalue weighted by atomic mass is 19.1. The fourth-order valence-electron chi connectivity index (χ4n) is 2.13. The molecule has 0 unspecified atom stereocenters. The number of rotatable bonds is 5. The molecule has 1 N–H and O–H groups in total. The predicted molar refractivity (Wildman–Crippen MR) is 72.1 cm³/mol. The molecule has 0 bridgehead atoms. The van der Waals surface area contributed by atoms with Gasteiger partial charge < -0.3 is 9.88 Å². The lowest BCUT2D eigenvalue weighted by Crippen LogP contribution is -2.24. The molecule has 0 fully saturated rings. The molecule has 0 radical (unpaired) electrons. The number of benzene rings is 1. The average Bonchev–Trinajstić information content (AvgIpc) is 2.63. The van der Waals surface area contributed by atoms with Crippen LogP contribution in [0.4, 0.5) is 4.39 Å². The standard InChI is InChI=1S/C14H20FN3/c1-10(2)16-9-5-8-13-17-12-7-4-6-11(15)14(12)18(13)3/h4,6-7,10,16H,5,8-9H2,1-3H3. The molecule has 2 aromatic rings. The van der Waals surface area contributed by atoms with Gasteiger partial charge in [0, 0.05) is 19.5 Å². The van der Waals surface area contributed by atoms with E-state index in [1.54, 1.807) is 6.07 Å². The molecule has 1 aromatic heterocycles. The van der Waals surface area contributed by atoms with Gasteiger partial charge in [-0.1, -0.05) is 19.9 Å². The Labute approximate surface area is 107 Å². The summed E-state index contributed by atoms with van der Waals surface area (Å²) < 4.78 is 15.5. The maximum Gasteiger partial charge on any atom is 0.149 e. The van der Waals surface area contributed by atoms with Crippen LogP contribution in [0, 0.1) is 5.82 Å². The van der Waals surface area contributed by atoms with Crippen LogP contribution in [0.3, 0.4) is 0 Å². The molecule has 0 aliphatic carbocycles. The SMILES string of the molecule is CC(C)NCCCc1nc2cccc(F)c2n1C. The Hall–Kier alpha value is -1.42. The van der Waals surface area contributed by atoms with Crippen molar-refractivity contribution >= 4 is 11.0 Å². The van der Waals surface area contributed by atoms with Gasteiger partial charge in [0.2, 0.25) is 0 Å². The highest BCUT2D eigenvalue weighted by molar-refractivity contribution is 5.76. The summed E-state index contributed by atoms with van der Waals surface area (Å²) in [5, 5.41) is 3.37. The van der Waals surface area contributed by atoms with Gasteiger partial charge in [-0.25, -0.2) is 9.37 Å². The first-order valence-corrected chi connectivity index (χ1v) is 6.43. The second-order valence-electron chi connectivity index (χ2n) is 4.91. The summed E-state index contributed by atoms with van der Waals surface area (Å²) in [6, 6.07) is 5.54. The van der Waals surface area contributed by atoms with E-state index in [9.17, 15) is 4.39 Å². The Bertz CT molecular complexity index is 531. The third-order valence-electron chi connectivity index (χ3n) is 3.07. The Morgan fingerprint density at radius 2 is 2.17 bits per heavy atom. The minimum absolute atomic E-state index is 0.200. The molecule has 1 aromatic carbocycles. The summed E-state index contributed by atoms with van der Waals surface area (Å²) in [6.45, 7) is 5.22. The number of imidazole rings is 1. The number of aromatic nitrogens is 2. The molecular weight excluding hydrogens is 229 g/mol. The maximum absolute atomic E-state index is 13.7. The van der Waals surface area contributed by atoms with Crippen molar-refractivity contribution in [2.24, 2.45) is 7.05 Å². The Morgan fingerprint density at radius 3 is 2.83 bits per heavy atom. The van der Waals surface area contributed by atoms with Crippen molar-refractivity contribution in [3.8, 4) is 0 Å². The third kappa shape index (κ3) is 2.70. The molecule has 18 heavy (non-hydrogen) atoms. The topological polar surface area (TPSA) is 29.9 Å². The zero-order valence-corrected chi connectivity index (χ0v) is 11.2. The van der Waals surface area contributed by atoms with Gasteiger partial charge in [0.1, 0.15) is 17.2 Å². The predicted octanol–water partition coefficient (Wildman–Crippen LogP) is 2.64. The second-order valence-corrected chi connectivity index (χ2v) is 4.91. The van der Waals surface area contributed by atoms with Crippen LogP contribution in [-0.2, 0) is 13.5 Å². The Morgan fingerprint density at radius 1 is 1.39 bits per heavy atom. The summed E-state index contributed by atoms with van der Waals surface area (Å²) in [4.78, 5) is 4.48. The summed E-state index contributed by atoms with van der Waals surface area (Å²) in [5.41, 5.74) is 1.34. The number of hydrogen-bond donors (Lipinski definition) is 1. The van der Waals surface area contributed by atoms with Crippen molar-refractivity contribution in [2.45, 2.75) is 32.7 Å². The van der Waals surface area contributed by atoms with Gasteiger partial charge in [-0.05, 0) is 25.1 Å². The molecular formula is C14H20FN3. The molecule has 0 amide bonds. The first-order chi connectivity index (χ1) is 8.59. The molecule has 1 heterocycles. The normalized spacial score (nSPS) is 11.6. The molecule has 0 spiro atoms. The van der Waals surface area contributed by atoms with E-state index in [-0.39, 0.29) is 5.82 Å². The third-order valence-corrected chi connectivity index (χ3v) is 3.07. The lowest BCUT2D eigenvalue weighted by atomic mass is 10.3. The van der Waals surface area contributed by atoms with Crippen molar-refractivity contribution in [2.75, 3.05) is 6.54 Å². The van der Waals surface area contributed by atoms with Gasteiger partial charge in [0.05, 0.1) is 5.52 Å². The molecule has 0 aliphatic rings. The van der Waals surface area contributed by atoms with Crippen molar-refractivity contribution in [3.63, 3.8) is 0 Å². The molecule has 2 rings (SSSR count). The molecule has 0 saturated heterocycles. The zero-order valence-electron chi connectivity index (χ0n) is 11.2. The molecule has 0 aliphatic heterocycles. The van der Waals surface area contributed by atoms with Crippen molar-refractivity contribution in [1.82, 2.24) is 14.9 Å². The molecule has 3 nitrogen and oxygen atoms in total. The van der Waals surface area contributed by atoms with Gasteiger partial charge in [0.15, 0.2) is 0 Å². The lowest BCUT2D eigenvalue weighted by molar-refractivity contribution is 0.562. The van der Waals surface area contributed by atoms with E-state index in [4.69, 9.17) is 0 Å². The van der Waals surface area contributed by atoms with E-state index >= 15 is 0 Å². The van der Waals surface area contributed by atoms with Crippen molar-refractivity contribution in [1.29, 1.82) is 0 Å². The highest BCUT2D eigenvalue weighted by Crippen LogP contribution is 2.18. The molecule has 0 saturated carbocycles. The van der Waals surface area contributed by atoms with Gasteiger partial charge in [-0.15, -0.1) is 0 Å². The Balaban J connectivity index is 2.10. The first kappa shape index (κ1) is 13.0. The molecule has 98 valence electrons. The number of fused-ring (bicyclic) bond motifs is 1. The summed E-state index contributed by atoms with van der Waals surface area (Å²) in [6.07, 6.45) is 1.88. The number of para-hydroxylation sites is 1. The van der Waals surface area contributed by atoms with Crippen LogP contribution >= 0.6 is 0 Å². The van der Waals surface area contributed by atoms with Crippen LogP contribution in [0.1, 0.15) is 26.1 Å². The largest absolute Gasteiger partial charge is 0.329 e. The number of nitrogens with zero attached hydrogens (tertiary/aromatic N) is 2.